The zero-order valence-corrected chi connectivity index (χ0v) is 16.5. The number of fused-ring (bicyclic) bond motifs is 1. The Balaban J connectivity index is 1.31. The number of nitrogens with one attached hydrogen (secondary N) is 1. The van der Waals surface area contributed by atoms with Crippen LogP contribution in [0, 0.1) is 11.6 Å². The van der Waals surface area contributed by atoms with Crippen LogP contribution in [0.3, 0.4) is 0 Å². The number of nitrogens with zero attached hydrogens (tertiary/aromatic N) is 1. The van der Waals surface area contributed by atoms with Crippen LogP contribution in [0.4, 0.5) is 8.78 Å². The van der Waals surface area contributed by atoms with E-state index in [2.05, 4.69) is 5.32 Å². The van der Waals surface area contributed by atoms with E-state index in [0.717, 1.165) is 24.5 Å². The summed E-state index contributed by atoms with van der Waals surface area (Å²) in [7, 11) is 0. The lowest BCUT2D eigenvalue weighted by atomic mass is 10.1. The summed E-state index contributed by atoms with van der Waals surface area (Å²) in [5, 5.41) is 3.94. The first kappa shape index (κ1) is 19.9. The molecule has 1 N–H and O–H groups in total. The van der Waals surface area contributed by atoms with E-state index in [-0.39, 0.29) is 25.3 Å². The first-order chi connectivity index (χ1) is 14.0. The Hall–Kier alpha value is -2.38. The molecule has 1 fully saturated rings. The second-order valence-corrected chi connectivity index (χ2v) is 7.62. The third-order valence-corrected chi connectivity index (χ3v) is 5.67. The predicted octanol–water partition coefficient (Wildman–Crippen LogP) is 4.02. The molecule has 0 spiro atoms. The van der Waals surface area contributed by atoms with E-state index in [0.29, 0.717) is 41.6 Å². The summed E-state index contributed by atoms with van der Waals surface area (Å²) in [6.07, 6.45) is 1.91. The van der Waals surface area contributed by atoms with Crippen LogP contribution < -0.4 is 14.8 Å². The van der Waals surface area contributed by atoms with Gasteiger partial charge in [0.1, 0.15) is 11.6 Å². The number of likely N-dealkylation sites (tertiary alicyclic amines) is 1. The van der Waals surface area contributed by atoms with Crippen molar-refractivity contribution in [2.75, 3.05) is 13.3 Å². The van der Waals surface area contributed by atoms with Crippen LogP contribution in [0.5, 0.6) is 11.5 Å². The molecule has 2 aromatic rings. The summed E-state index contributed by atoms with van der Waals surface area (Å²) >= 11 is 6.28. The summed E-state index contributed by atoms with van der Waals surface area (Å²) in [4.78, 5) is 13.9. The second kappa shape index (κ2) is 8.55. The molecule has 1 atom stereocenters. The van der Waals surface area contributed by atoms with Gasteiger partial charge < -0.3 is 19.7 Å². The molecule has 0 saturated carbocycles. The number of ether oxygens (including phenoxy) is 2. The van der Waals surface area contributed by atoms with E-state index in [4.69, 9.17) is 21.1 Å². The number of carbonyl (C=O) groups is 1. The van der Waals surface area contributed by atoms with E-state index in [1.165, 1.54) is 12.1 Å². The number of amides is 1. The minimum atomic E-state index is -0.626. The number of rotatable bonds is 7. The van der Waals surface area contributed by atoms with Gasteiger partial charge in [-0.25, -0.2) is 8.78 Å². The van der Waals surface area contributed by atoms with Crippen LogP contribution in [0.2, 0.25) is 5.02 Å². The number of halogens is 3. The maximum Gasteiger partial charge on any atom is 0.231 e. The molecule has 2 aromatic carbocycles. The Morgan fingerprint density at radius 3 is 2.72 bits per heavy atom. The lowest BCUT2D eigenvalue weighted by Crippen LogP contribution is -2.35. The van der Waals surface area contributed by atoms with Gasteiger partial charge in [0.15, 0.2) is 11.5 Å². The van der Waals surface area contributed by atoms with Crippen LogP contribution in [-0.4, -0.2) is 30.2 Å². The van der Waals surface area contributed by atoms with Gasteiger partial charge in [-0.1, -0.05) is 17.7 Å². The van der Waals surface area contributed by atoms with Crippen molar-refractivity contribution in [3.05, 3.63) is 58.1 Å². The first-order valence-electron chi connectivity index (χ1n) is 9.53. The van der Waals surface area contributed by atoms with Gasteiger partial charge in [0.05, 0.1) is 0 Å². The van der Waals surface area contributed by atoms with Gasteiger partial charge in [-0.15, -0.1) is 0 Å². The third kappa shape index (κ3) is 4.46. The summed E-state index contributed by atoms with van der Waals surface area (Å²) in [5.41, 5.74) is 1.23. The van der Waals surface area contributed by atoms with E-state index in [1.54, 1.807) is 11.0 Å². The molecule has 0 radical (unpaired) electrons. The van der Waals surface area contributed by atoms with Crippen molar-refractivity contribution in [1.29, 1.82) is 0 Å². The zero-order valence-electron chi connectivity index (χ0n) is 15.7. The van der Waals surface area contributed by atoms with Gasteiger partial charge in [-0.05, 0) is 37.1 Å². The van der Waals surface area contributed by atoms with Crippen molar-refractivity contribution < 1.29 is 23.0 Å². The van der Waals surface area contributed by atoms with E-state index in [9.17, 15) is 13.6 Å². The molecule has 2 heterocycles. The smallest absolute Gasteiger partial charge is 0.231 e. The third-order valence-electron chi connectivity index (χ3n) is 5.32. The fraction of sp³-hybridized carbons (Fsp3) is 0.381. The molecule has 154 valence electrons. The van der Waals surface area contributed by atoms with E-state index >= 15 is 0 Å². The van der Waals surface area contributed by atoms with Crippen LogP contribution >= 0.6 is 11.6 Å². The van der Waals surface area contributed by atoms with Gasteiger partial charge in [0.25, 0.3) is 0 Å². The lowest BCUT2D eigenvalue weighted by molar-refractivity contribution is -0.129. The molecular weight excluding hydrogens is 402 g/mol. The molecular formula is C21H21ClF2N2O3. The van der Waals surface area contributed by atoms with Crippen molar-refractivity contribution in [3.8, 4) is 11.5 Å². The van der Waals surface area contributed by atoms with Gasteiger partial charge in [0.2, 0.25) is 12.7 Å². The highest BCUT2D eigenvalue weighted by atomic mass is 35.5. The van der Waals surface area contributed by atoms with Crippen LogP contribution in [0.1, 0.15) is 30.4 Å². The minimum absolute atomic E-state index is 0.00228. The number of carbonyl (C=O) groups excluding carboxylic acids is 1. The van der Waals surface area contributed by atoms with Gasteiger partial charge in [-0.2, -0.15) is 0 Å². The molecule has 2 aliphatic heterocycles. The Morgan fingerprint density at radius 2 is 1.93 bits per heavy atom. The number of hydrogen-bond acceptors (Lipinski definition) is 4. The highest BCUT2D eigenvalue weighted by Gasteiger charge is 2.31. The quantitative estimate of drug-likeness (QED) is 0.685. The molecule has 0 aliphatic carbocycles. The van der Waals surface area contributed by atoms with Crippen molar-refractivity contribution in [3.63, 3.8) is 0 Å². The average molecular weight is 423 g/mol. The molecule has 0 unspecified atom stereocenters. The summed E-state index contributed by atoms with van der Waals surface area (Å²) in [5.74, 6) is 0.0745. The maximum atomic E-state index is 14.0. The van der Waals surface area contributed by atoms with Crippen molar-refractivity contribution in [1.82, 2.24) is 10.2 Å². The molecule has 29 heavy (non-hydrogen) atoms. The SMILES string of the molecule is O=C1CC[C@H](CCNCc2cc3c(cc2Cl)OCO3)N1Cc1ccc(F)cc1F. The molecule has 4 rings (SSSR count). The molecule has 1 amide bonds. The maximum absolute atomic E-state index is 14.0. The standard InChI is InChI=1S/C21H21ClF2N2O3/c22-17-9-20-19(28-12-29-20)7-14(17)10-25-6-5-16-3-4-21(27)26(16)11-13-1-2-15(23)8-18(13)24/h1-2,7-9,16,25H,3-6,10-12H2/t16-/m1/s1. The fourth-order valence-electron chi connectivity index (χ4n) is 3.73. The zero-order chi connectivity index (χ0) is 20.4. The van der Waals surface area contributed by atoms with Crippen LogP contribution in [0.15, 0.2) is 30.3 Å². The molecule has 8 heteroatoms. The summed E-state index contributed by atoms with van der Waals surface area (Å²) in [6, 6.07) is 7.08. The highest BCUT2D eigenvalue weighted by Crippen LogP contribution is 2.36. The Labute approximate surface area is 172 Å². The lowest BCUT2D eigenvalue weighted by Gasteiger charge is -2.25. The van der Waals surface area contributed by atoms with E-state index < -0.39 is 11.6 Å². The largest absolute Gasteiger partial charge is 0.454 e. The van der Waals surface area contributed by atoms with Gasteiger partial charge in [0, 0.05) is 48.3 Å². The monoisotopic (exact) mass is 422 g/mol. The summed E-state index contributed by atoms with van der Waals surface area (Å²) < 4.78 is 37.7. The highest BCUT2D eigenvalue weighted by molar-refractivity contribution is 6.31. The predicted molar refractivity (Wildman–Crippen MR) is 104 cm³/mol. The molecule has 0 aromatic heterocycles. The normalized spacial score (nSPS) is 18.0. The summed E-state index contributed by atoms with van der Waals surface area (Å²) in [6.45, 7) is 1.58. The van der Waals surface area contributed by atoms with Gasteiger partial charge in [-0.3, -0.25) is 4.79 Å². The average Bonchev–Trinajstić information content (AvgIpc) is 3.27. The molecule has 5 nitrogen and oxygen atoms in total. The van der Waals surface area contributed by atoms with E-state index in [1.807, 2.05) is 6.07 Å². The van der Waals surface area contributed by atoms with Crippen LogP contribution in [-0.2, 0) is 17.9 Å². The number of hydrogen-bond donors (Lipinski definition) is 1. The number of benzene rings is 2. The van der Waals surface area contributed by atoms with Crippen molar-refractivity contribution >= 4 is 17.5 Å². The Kier molecular flexibility index (Phi) is 5.87. The van der Waals surface area contributed by atoms with Crippen molar-refractivity contribution in [2.45, 2.75) is 38.4 Å². The Bertz CT molecular complexity index is 925. The molecule has 2 aliphatic rings. The molecule has 1 saturated heterocycles. The fourth-order valence-corrected chi connectivity index (χ4v) is 3.95. The van der Waals surface area contributed by atoms with Gasteiger partial charge >= 0.3 is 0 Å². The minimum Gasteiger partial charge on any atom is -0.454 e. The van der Waals surface area contributed by atoms with Crippen LogP contribution in [0.25, 0.3) is 0 Å². The second-order valence-electron chi connectivity index (χ2n) is 7.21. The topological polar surface area (TPSA) is 50.8 Å². The molecule has 0 bridgehead atoms. The first-order valence-corrected chi connectivity index (χ1v) is 9.91. The Morgan fingerprint density at radius 1 is 1.14 bits per heavy atom. The van der Waals surface area contributed by atoms with Crippen molar-refractivity contribution in [2.24, 2.45) is 0 Å².